The Bertz CT molecular complexity index is 498. The summed E-state index contributed by atoms with van der Waals surface area (Å²) in [7, 11) is -3.73. The molecule has 0 spiro atoms. The molecule has 17 heavy (non-hydrogen) atoms. The Kier molecular flexibility index (Phi) is 4.36. The topological polar surface area (TPSA) is 98.2 Å². The zero-order valence-corrected chi connectivity index (χ0v) is 11.0. The molecule has 0 fully saturated rings. The smallest absolute Gasteiger partial charge is 0.238 e. The van der Waals surface area contributed by atoms with E-state index >= 15 is 0 Å². The summed E-state index contributed by atoms with van der Waals surface area (Å²) >= 11 is 0. The molecule has 0 heterocycles. The lowest BCUT2D eigenvalue weighted by molar-refractivity contribution is 0.597. The molecule has 0 aliphatic rings. The van der Waals surface area contributed by atoms with E-state index in [2.05, 4.69) is 12.2 Å². The number of nitrogens with two attached hydrogens (primary N) is 2. The van der Waals surface area contributed by atoms with Gasteiger partial charge < -0.3 is 11.1 Å². The van der Waals surface area contributed by atoms with Gasteiger partial charge in [0, 0.05) is 17.9 Å². The third kappa shape index (κ3) is 3.61. The number of anilines is 2. The van der Waals surface area contributed by atoms with E-state index in [0.29, 0.717) is 11.3 Å². The third-order valence-corrected chi connectivity index (χ3v) is 3.57. The van der Waals surface area contributed by atoms with Crippen molar-refractivity contribution in [2.45, 2.75) is 31.6 Å². The largest absolute Gasteiger partial charge is 0.399 e. The fourth-order valence-electron chi connectivity index (χ4n) is 1.59. The molecule has 5 nitrogen and oxygen atoms in total. The maximum Gasteiger partial charge on any atom is 0.238 e. The number of unbranched alkanes of at least 4 members (excludes halogenated alkanes) is 1. The van der Waals surface area contributed by atoms with E-state index in [1.54, 1.807) is 13.0 Å². The molecule has 1 rings (SSSR count). The van der Waals surface area contributed by atoms with Crippen LogP contribution in [0.3, 0.4) is 0 Å². The molecule has 96 valence electrons. The number of primary sulfonamides is 1. The number of sulfonamides is 1. The van der Waals surface area contributed by atoms with Crippen molar-refractivity contribution in [3.63, 3.8) is 0 Å². The van der Waals surface area contributed by atoms with Crippen molar-refractivity contribution in [1.82, 2.24) is 0 Å². The summed E-state index contributed by atoms with van der Waals surface area (Å²) in [6.45, 7) is 4.59. The summed E-state index contributed by atoms with van der Waals surface area (Å²) in [5, 5.41) is 8.31. The second kappa shape index (κ2) is 5.37. The minimum Gasteiger partial charge on any atom is -0.399 e. The Morgan fingerprint density at radius 2 is 2.00 bits per heavy atom. The minimum atomic E-state index is -3.73. The molecule has 0 saturated heterocycles. The van der Waals surface area contributed by atoms with Gasteiger partial charge in [-0.15, -0.1) is 0 Å². The van der Waals surface area contributed by atoms with Gasteiger partial charge in [-0.05, 0) is 31.0 Å². The number of nitrogens with one attached hydrogen (secondary N) is 1. The average molecular weight is 257 g/mol. The lowest BCUT2D eigenvalue weighted by Crippen LogP contribution is -2.15. The van der Waals surface area contributed by atoms with Crippen LogP contribution in [0.1, 0.15) is 25.3 Å². The minimum absolute atomic E-state index is 0.0801. The Labute approximate surface area is 102 Å². The first kappa shape index (κ1) is 13.8. The van der Waals surface area contributed by atoms with Gasteiger partial charge >= 0.3 is 0 Å². The third-order valence-electron chi connectivity index (χ3n) is 2.53. The molecule has 0 aromatic heterocycles. The van der Waals surface area contributed by atoms with Gasteiger partial charge in [-0.2, -0.15) is 0 Å². The Hall–Kier alpha value is -1.27. The second-order valence-electron chi connectivity index (χ2n) is 4.02. The predicted molar refractivity (Wildman–Crippen MR) is 70.4 cm³/mol. The first-order valence-electron chi connectivity index (χ1n) is 5.53. The van der Waals surface area contributed by atoms with Crippen LogP contribution in [0.2, 0.25) is 0 Å². The first-order chi connectivity index (χ1) is 7.86. The van der Waals surface area contributed by atoms with Crippen LogP contribution < -0.4 is 16.2 Å². The van der Waals surface area contributed by atoms with Crippen LogP contribution >= 0.6 is 0 Å². The van der Waals surface area contributed by atoms with Gasteiger partial charge in [0.25, 0.3) is 0 Å². The zero-order chi connectivity index (χ0) is 13.1. The molecule has 0 bridgehead atoms. The van der Waals surface area contributed by atoms with Crippen molar-refractivity contribution < 1.29 is 8.42 Å². The van der Waals surface area contributed by atoms with Crippen LogP contribution in [0.25, 0.3) is 0 Å². The van der Waals surface area contributed by atoms with E-state index in [1.807, 2.05) is 0 Å². The van der Waals surface area contributed by atoms with E-state index in [0.717, 1.165) is 25.1 Å². The Balaban J connectivity index is 3.11. The van der Waals surface area contributed by atoms with Crippen molar-refractivity contribution in [2.24, 2.45) is 5.14 Å². The SMILES string of the molecule is CCCCNc1cc(N)cc(S(N)(=O)=O)c1C. The van der Waals surface area contributed by atoms with Crippen molar-refractivity contribution in [3.05, 3.63) is 17.7 Å². The average Bonchev–Trinajstić information content (AvgIpc) is 2.21. The maximum absolute atomic E-state index is 11.4. The van der Waals surface area contributed by atoms with E-state index in [4.69, 9.17) is 10.9 Å². The Morgan fingerprint density at radius 1 is 1.35 bits per heavy atom. The molecular formula is C11H19N3O2S. The second-order valence-corrected chi connectivity index (χ2v) is 5.55. The van der Waals surface area contributed by atoms with Gasteiger partial charge in [0.2, 0.25) is 10.0 Å². The van der Waals surface area contributed by atoms with Crippen molar-refractivity contribution in [3.8, 4) is 0 Å². The number of hydrogen-bond acceptors (Lipinski definition) is 4. The van der Waals surface area contributed by atoms with Crippen molar-refractivity contribution >= 4 is 21.4 Å². The summed E-state index contributed by atoms with van der Waals surface area (Å²) in [6, 6.07) is 3.11. The zero-order valence-electron chi connectivity index (χ0n) is 10.2. The molecule has 0 unspecified atom stereocenters. The summed E-state index contributed by atoms with van der Waals surface area (Å²) in [5.74, 6) is 0. The lowest BCUT2D eigenvalue weighted by atomic mass is 10.1. The van der Waals surface area contributed by atoms with Gasteiger partial charge in [-0.25, -0.2) is 13.6 Å². The normalized spacial score (nSPS) is 11.5. The highest BCUT2D eigenvalue weighted by atomic mass is 32.2. The molecule has 1 aromatic rings. The highest BCUT2D eigenvalue weighted by molar-refractivity contribution is 7.89. The maximum atomic E-state index is 11.4. The first-order valence-corrected chi connectivity index (χ1v) is 7.07. The number of nitrogen functional groups attached to an aromatic ring is 1. The van der Waals surface area contributed by atoms with Crippen LogP contribution in [0.4, 0.5) is 11.4 Å². The summed E-state index contributed by atoms with van der Waals surface area (Å²) < 4.78 is 22.8. The number of benzene rings is 1. The van der Waals surface area contributed by atoms with Gasteiger partial charge in [-0.1, -0.05) is 13.3 Å². The van der Waals surface area contributed by atoms with E-state index in [-0.39, 0.29) is 4.90 Å². The molecule has 0 aliphatic heterocycles. The van der Waals surface area contributed by atoms with Crippen LogP contribution in [-0.4, -0.2) is 15.0 Å². The summed E-state index contributed by atoms with van der Waals surface area (Å²) in [5.41, 5.74) is 7.39. The van der Waals surface area contributed by atoms with Gasteiger partial charge in [-0.3, -0.25) is 0 Å². The van der Waals surface area contributed by atoms with Crippen molar-refractivity contribution in [1.29, 1.82) is 0 Å². The molecule has 6 heteroatoms. The highest BCUT2D eigenvalue weighted by Gasteiger charge is 2.15. The van der Waals surface area contributed by atoms with Crippen LogP contribution in [0, 0.1) is 6.92 Å². The molecule has 0 atom stereocenters. The van der Waals surface area contributed by atoms with E-state index < -0.39 is 10.0 Å². The standard InChI is InChI=1S/C11H19N3O2S/c1-3-4-5-14-10-6-9(12)7-11(8(10)2)17(13,15)16/h6-7,14H,3-5,12H2,1-2H3,(H2,13,15,16). The van der Waals surface area contributed by atoms with Gasteiger partial charge in [0.1, 0.15) is 0 Å². The van der Waals surface area contributed by atoms with E-state index in [1.165, 1.54) is 6.07 Å². The molecule has 0 saturated carbocycles. The Morgan fingerprint density at radius 3 is 2.53 bits per heavy atom. The molecular weight excluding hydrogens is 238 g/mol. The van der Waals surface area contributed by atoms with E-state index in [9.17, 15) is 8.42 Å². The van der Waals surface area contributed by atoms with Crippen LogP contribution in [-0.2, 0) is 10.0 Å². The fraction of sp³-hybridized carbons (Fsp3) is 0.455. The number of hydrogen-bond donors (Lipinski definition) is 3. The van der Waals surface area contributed by atoms with Crippen molar-refractivity contribution in [2.75, 3.05) is 17.6 Å². The monoisotopic (exact) mass is 257 g/mol. The summed E-state index contributed by atoms with van der Waals surface area (Å²) in [4.78, 5) is 0.0801. The predicted octanol–water partition coefficient (Wildman–Crippen LogP) is 1.44. The summed E-state index contributed by atoms with van der Waals surface area (Å²) in [6.07, 6.45) is 2.08. The molecule has 1 aromatic carbocycles. The number of rotatable bonds is 5. The van der Waals surface area contributed by atoms with Crippen LogP contribution in [0.5, 0.6) is 0 Å². The van der Waals surface area contributed by atoms with Gasteiger partial charge in [0.05, 0.1) is 4.90 Å². The molecule has 0 radical (unpaired) electrons. The highest BCUT2D eigenvalue weighted by Crippen LogP contribution is 2.25. The molecule has 0 aliphatic carbocycles. The lowest BCUT2D eigenvalue weighted by Gasteiger charge is -2.13. The van der Waals surface area contributed by atoms with Gasteiger partial charge in [0.15, 0.2) is 0 Å². The molecule has 0 amide bonds. The fourth-order valence-corrected chi connectivity index (χ4v) is 2.42. The molecule has 5 N–H and O–H groups in total. The quantitative estimate of drug-likeness (QED) is 0.549. The van der Waals surface area contributed by atoms with Crippen LogP contribution in [0.15, 0.2) is 17.0 Å².